The average Bonchev–Trinajstić information content (AvgIpc) is 1.69. The summed E-state index contributed by atoms with van der Waals surface area (Å²) in [6, 6.07) is 8.43. The van der Waals surface area contributed by atoms with Crippen molar-refractivity contribution in [3.05, 3.63) is 144 Å². The Balaban J connectivity index is 1.32. The van der Waals surface area contributed by atoms with Gasteiger partial charge in [-0.1, -0.05) is 185 Å². The van der Waals surface area contributed by atoms with Crippen molar-refractivity contribution in [2.75, 3.05) is 50.6 Å². The second-order valence-corrected chi connectivity index (χ2v) is 38.8. The maximum Gasteiger partial charge on any atom is 0.322 e. The predicted octanol–water partition coefficient (Wildman–Crippen LogP) is -1.67. The molecule has 27 N–H and O–H groups in total. The Kier molecular flexibility index (Phi) is 54.2. The minimum atomic E-state index is -1.94. The average molecular weight is 2090 g/mol. The SMILES string of the molecule is CC[C@H](C)[C@H](NC(=O)[C@H](Cc1ccccc1)NC(=O)CNC(=O)[C@H](CC(C)C)NC(=O)[C@@H](NC(=O)[C@@H](NC(=O)[C@H](CO)NC(=O)[C@H](Cc1c[nH]c2ccccc12)NC(=O)[C@H](CS)NC(=O)[C@H](CCCCN)NC(=O)[C@H](Cc1ccccc1)NC(=O)[C@@H](N)CCSC)C(C)C)C(C)C)C(=O)N[C@@H](Cc1ccccc1)C(=O)N[C@@H](CC(C)C)C(=O)N[C@@H](CCC(=O)O)C(=O)N[C@@H](CO)C(=O)N[C@@H](CCC(=O)O)C(=O)NCC(=O)O. The van der Waals surface area contributed by atoms with Crippen molar-refractivity contribution < 1.29 is 121 Å². The largest absolute Gasteiger partial charge is 0.481 e. The second kappa shape index (κ2) is 64.4. The Morgan fingerprint density at radius 1 is 0.361 bits per heavy atom. The van der Waals surface area contributed by atoms with Crippen LogP contribution in [0.4, 0.5) is 0 Å². The molecule has 17 amide bonds. The molecule has 45 nitrogen and oxygen atoms in total. The van der Waals surface area contributed by atoms with E-state index in [1.165, 1.54) is 11.8 Å². The molecule has 147 heavy (non-hydrogen) atoms. The molecule has 0 fully saturated rings. The Morgan fingerprint density at radius 2 is 0.701 bits per heavy atom. The van der Waals surface area contributed by atoms with Crippen LogP contribution in [0.3, 0.4) is 0 Å². The predicted molar refractivity (Wildman–Crippen MR) is 549 cm³/mol. The van der Waals surface area contributed by atoms with Crippen LogP contribution >= 0.6 is 24.4 Å². The molecule has 1 aromatic heterocycles. The summed E-state index contributed by atoms with van der Waals surface area (Å²) in [5.41, 5.74) is 14.9. The van der Waals surface area contributed by atoms with E-state index in [9.17, 15) is 116 Å². The van der Waals surface area contributed by atoms with Crippen molar-refractivity contribution in [2.45, 2.75) is 262 Å². The van der Waals surface area contributed by atoms with Gasteiger partial charge in [0.15, 0.2) is 0 Å². The Morgan fingerprint density at radius 3 is 1.16 bits per heavy atom. The van der Waals surface area contributed by atoms with Crippen molar-refractivity contribution in [2.24, 2.45) is 41.1 Å². The number of para-hydroxylation sites is 1. The number of benzene rings is 4. The molecule has 0 saturated heterocycles. The summed E-state index contributed by atoms with van der Waals surface area (Å²) in [6.07, 6.45) is 1.32. The van der Waals surface area contributed by atoms with Gasteiger partial charge in [-0.05, 0) is 128 Å². The fourth-order valence-electron chi connectivity index (χ4n) is 15.4. The number of amides is 17. The minimum absolute atomic E-state index is 0.0240. The molecular weight excluding hydrogens is 1950 g/mol. The summed E-state index contributed by atoms with van der Waals surface area (Å²) in [5.74, 6) is -23.3. The van der Waals surface area contributed by atoms with Gasteiger partial charge in [-0.3, -0.25) is 95.9 Å². The quantitative estimate of drug-likeness (QED) is 0.0153. The number of aliphatic hydroxyl groups excluding tert-OH is 2. The molecule has 0 aliphatic rings. The number of rotatable bonds is 67. The number of aromatic amines is 1. The van der Waals surface area contributed by atoms with Crippen molar-refractivity contribution in [1.29, 1.82) is 0 Å². The number of unbranched alkanes of at least 4 members (excludes halogenated alkanes) is 1. The highest BCUT2D eigenvalue weighted by Crippen LogP contribution is 2.22. The summed E-state index contributed by atoms with van der Waals surface area (Å²) >= 11 is 5.90. The smallest absolute Gasteiger partial charge is 0.322 e. The lowest BCUT2D eigenvalue weighted by molar-refractivity contribution is -0.140. The van der Waals surface area contributed by atoms with Gasteiger partial charge in [0.2, 0.25) is 100 Å². The molecule has 0 unspecified atom stereocenters. The lowest BCUT2D eigenvalue weighted by Crippen LogP contribution is -2.62. The van der Waals surface area contributed by atoms with Gasteiger partial charge in [-0.15, -0.1) is 0 Å². The molecule has 0 saturated carbocycles. The van der Waals surface area contributed by atoms with Crippen LogP contribution in [0.2, 0.25) is 0 Å². The summed E-state index contributed by atoms with van der Waals surface area (Å²) in [6.45, 7) is 12.8. The fourth-order valence-corrected chi connectivity index (χ4v) is 16.2. The first-order valence-corrected chi connectivity index (χ1v) is 51.0. The molecule has 0 bridgehead atoms. The van der Waals surface area contributed by atoms with E-state index in [1.54, 1.807) is 191 Å². The van der Waals surface area contributed by atoms with Crippen LogP contribution in [0.5, 0.6) is 0 Å². The molecule has 4 aromatic carbocycles. The van der Waals surface area contributed by atoms with Crippen LogP contribution in [-0.2, 0) is 122 Å². The number of carboxylic acids is 3. The van der Waals surface area contributed by atoms with Gasteiger partial charge in [0.1, 0.15) is 97.2 Å². The maximum atomic E-state index is 15.0. The van der Waals surface area contributed by atoms with Gasteiger partial charge >= 0.3 is 17.9 Å². The Bertz CT molecular complexity index is 5220. The minimum Gasteiger partial charge on any atom is -0.481 e. The maximum absolute atomic E-state index is 15.0. The van der Waals surface area contributed by atoms with Gasteiger partial charge in [-0.2, -0.15) is 24.4 Å². The highest BCUT2D eigenvalue weighted by Gasteiger charge is 2.41. The molecule has 5 aromatic rings. The third-order valence-electron chi connectivity index (χ3n) is 23.9. The van der Waals surface area contributed by atoms with Crippen molar-refractivity contribution >= 4 is 154 Å². The van der Waals surface area contributed by atoms with Crippen LogP contribution in [0.25, 0.3) is 10.9 Å². The fraction of sp³-hybridized carbons (Fsp3) is 0.540. The first-order valence-electron chi connectivity index (χ1n) is 48.9. The molecular formula is C100H146N20O25S2. The zero-order chi connectivity index (χ0) is 109. The van der Waals surface area contributed by atoms with Crippen LogP contribution in [0.1, 0.15) is 162 Å². The number of aliphatic carboxylic acids is 3. The van der Waals surface area contributed by atoms with E-state index in [1.807, 2.05) is 11.6 Å². The number of aromatic nitrogens is 1. The highest BCUT2D eigenvalue weighted by molar-refractivity contribution is 7.98. The van der Waals surface area contributed by atoms with Gasteiger partial charge in [0.05, 0.1) is 25.8 Å². The molecule has 17 atom stereocenters. The number of thioether (sulfide) groups is 1. The number of carbonyl (C=O) groups is 20. The lowest BCUT2D eigenvalue weighted by atomic mass is 9.96. The zero-order valence-electron chi connectivity index (χ0n) is 84.6. The molecule has 0 radical (unpaired) electrons. The third-order valence-corrected chi connectivity index (χ3v) is 24.9. The van der Waals surface area contributed by atoms with Crippen LogP contribution < -0.4 is 102 Å². The number of hydrogen-bond donors (Lipinski definition) is 26. The second-order valence-electron chi connectivity index (χ2n) is 37.4. The summed E-state index contributed by atoms with van der Waals surface area (Å²) in [4.78, 5) is 281. The lowest BCUT2D eigenvalue weighted by Gasteiger charge is -2.30. The number of H-pyrrole nitrogens is 1. The normalized spacial score (nSPS) is 14.7. The monoisotopic (exact) mass is 2090 g/mol. The number of carbonyl (C=O) groups excluding carboxylic acids is 17. The summed E-state index contributed by atoms with van der Waals surface area (Å²) in [5, 5.41) is 93.1. The molecule has 5 rings (SSSR count). The molecule has 1 heterocycles. The van der Waals surface area contributed by atoms with Crippen LogP contribution in [0.15, 0.2) is 121 Å². The number of fused-ring (bicyclic) bond motifs is 1. The molecule has 47 heteroatoms. The number of thiol groups is 1. The van der Waals surface area contributed by atoms with E-state index < -0.39 is 291 Å². The van der Waals surface area contributed by atoms with Crippen molar-refractivity contribution in [1.82, 2.24) is 95.4 Å². The van der Waals surface area contributed by atoms with Crippen LogP contribution in [0, 0.1) is 29.6 Å². The Labute approximate surface area is 863 Å². The molecule has 0 aliphatic carbocycles. The first kappa shape index (κ1) is 124. The van der Waals surface area contributed by atoms with Gasteiger partial charge < -0.3 is 132 Å². The molecule has 0 spiro atoms. The van der Waals surface area contributed by atoms with E-state index in [0.717, 1.165) is 0 Å². The number of nitrogens with two attached hydrogens (primary N) is 2. The highest BCUT2D eigenvalue weighted by atomic mass is 32.2. The third kappa shape index (κ3) is 43.5. The number of nitrogens with one attached hydrogen (secondary N) is 18. The first-order chi connectivity index (χ1) is 69.7. The Hall–Kier alpha value is -13.6. The van der Waals surface area contributed by atoms with Gasteiger partial charge in [-0.25, -0.2) is 0 Å². The number of carboxylic acid groups (broad SMARTS) is 3. The van der Waals surface area contributed by atoms with E-state index in [2.05, 4.69) is 103 Å². The van der Waals surface area contributed by atoms with E-state index >= 15 is 0 Å². The van der Waals surface area contributed by atoms with E-state index in [-0.39, 0.29) is 69.6 Å². The molecule has 0 aliphatic heterocycles. The van der Waals surface area contributed by atoms with E-state index in [0.29, 0.717) is 58.2 Å². The van der Waals surface area contributed by atoms with E-state index in [4.69, 9.17) is 16.6 Å². The summed E-state index contributed by atoms with van der Waals surface area (Å²) < 4.78 is 0. The van der Waals surface area contributed by atoms with Crippen molar-refractivity contribution in [3.63, 3.8) is 0 Å². The summed E-state index contributed by atoms with van der Waals surface area (Å²) in [7, 11) is 0. The number of aliphatic hydroxyl groups is 2. The van der Waals surface area contributed by atoms with Crippen molar-refractivity contribution in [3.8, 4) is 0 Å². The standard InChI is InChI=1S/C100H146N20O25S2/c1-12-58(10)84(100(145)114-73(46-61-30-20-15-21-31-61)92(137)111-70(43-55(4)5)90(135)109-68(36-38-80(126)127)89(134)115-75(51-121)95(140)108-67(35-37-79(124)125)86(131)105-50-81(128)129)120-94(139)71(44-59-26-16-13-17-27-59)106-78(123)49-104-87(132)69(42-54(2)3)113-98(143)82(56(6)7)119-99(144)83(57(8)9)118-96(141)76(52-122)116-93(138)74(47-62-48-103-65-33-23-22-32-63(62)65)112-97(142)77(53-146)117-88(133)66(34-24-25-40-101)107-91(136)72(45-60-28-18-14-19-29-60)110-85(130)64(102)39-41-147-11/h13-23,26-33,48,54-58,64,66-77,82-84,103,121-122,146H,12,24-25,34-47,49-53,101-102H2,1-11H3,(H,104,132)(H,105,131)(H,106,123)(H,107,136)(H,108,140)(H,109,135)(H,110,130)(H,111,137)(H,112,142)(H,113,143)(H,114,145)(H,115,134)(H,116,138)(H,117,133)(H,118,141)(H,119,144)(H,120,139)(H,124,125)(H,126,127)(H,128,129)/t58-,64-,66-,67-,68-,69-,70-,71-,72-,73-,74-,75-,76-,77-,82-,83-,84-/m0/s1. The molecule has 808 valence electrons. The van der Waals surface area contributed by atoms with Gasteiger partial charge in [0.25, 0.3) is 0 Å². The topological polar surface area (TPSA) is 715 Å². The number of hydrogen-bond acceptors (Lipinski definition) is 26. The zero-order valence-corrected chi connectivity index (χ0v) is 86.3. The van der Waals surface area contributed by atoms with Crippen LogP contribution in [-0.4, -0.2) is 296 Å². The van der Waals surface area contributed by atoms with Gasteiger partial charge in [0, 0.05) is 61.4 Å².